The highest BCUT2D eigenvalue weighted by atomic mass is 35.5. The normalized spacial score (nSPS) is 11.7. The minimum atomic E-state index is 0.0800. The van der Waals surface area contributed by atoms with E-state index in [1.54, 1.807) is 29.5 Å². The van der Waals surface area contributed by atoms with Crippen molar-refractivity contribution in [3.8, 4) is 5.75 Å². The van der Waals surface area contributed by atoms with Gasteiger partial charge in [-0.05, 0) is 32.9 Å². The smallest absolute Gasteiger partial charge is 0.139 e. The van der Waals surface area contributed by atoms with Crippen LogP contribution in [0, 0.1) is 0 Å². The first-order chi connectivity index (χ1) is 9.83. The molecule has 0 aliphatic heterocycles. The Hall–Kier alpha value is -0.810. The summed E-state index contributed by atoms with van der Waals surface area (Å²) in [5.74, 6) is 0.575. The van der Waals surface area contributed by atoms with E-state index in [2.05, 4.69) is 31.1 Å². The molecule has 1 heterocycles. The van der Waals surface area contributed by atoms with Crippen LogP contribution in [0.3, 0.4) is 0 Å². The lowest BCUT2D eigenvalue weighted by Gasteiger charge is -2.19. The van der Waals surface area contributed by atoms with Gasteiger partial charge in [-0.1, -0.05) is 23.2 Å². The highest BCUT2D eigenvalue weighted by molar-refractivity contribution is 7.09. The molecule has 21 heavy (non-hydrogen) atoms. The lowest BCUT2D eigenvalue weighted by atomic mass is 10.1. The molecule has 2 aromatic rings. The molecule has 0 aliphatic rings. The summed E-state index contributed by atoms with van der Waals surface area (Å²) in [7, 11) is 0. The Kier molecular flexibility index (Phi) is 5.49. The molecule has 0 saturated carbocycles. The monoisotopic (exact) mass is 344 g/mol. The van der Waals surface area contributed by atoms with Crippen molar-refractivity contribution in [2.45, 2.75) is 39.5 Å². The summed E-state index contributed by atoms with van der Waals surface area (Å²) in [4.78, 5) is 4.54. The first-order valence-electron chi connectivity index (χ1n) is 6.60. The second-order valence-electron chi connectivity index (χ2n) is 5.70. The molecule has 0 atom stereocenters. The van der Waals surface area contributed by atoms with Crippen molar-refractivity contribution in [3.05, 3.63) is 44.3 Å². The zero-order valence-electron chi connectivity index (χ0n) is 12.2. The summed E-state index contributed by atoms with van der Waals surface area (Å²) in [5.41, 5.74) is 0.971. The van der Waals surface area contributed by atoms with Crippen molar-refractivity contribution in [3.63, 3.8) is 0 Å². The highest BCUT2D eigenvalue weighted by Gasteiger charge is 2.11. The molecule has 0 unspecified atom stereocenters. The molecular formula is C15H18Cl2N2OS. The highest BCUT2D eigenvalue weighted by Crippen LogP contribution is 2.28. The van der Waals surface area contributed by atoms with Gasteiger partial charge in [0.1, 0.15) is 17.4 Å². The first kappa shape index (κ1) is 16.6. The number of nitrogens with zero attached hydrogens (tertiary/aromatic N) is 1. The molecule has 0 aliphatic carbocycles. The van der Waals surface area contributed by atoms with Crippen molar-refractivity contribution in [1.29, 1.82) is 0 Å². The van der Waals surface area contributed by atoms with E-state index in [1.807, 2.05) is 5.38 Å². The van der Waals surface area contributed by atoms with Crippen molar-refractivity contribution < 1.29 is 4.74 Å². The lowest BCUT2D eigenvalue weighted by Crippen LogP contribution is -2.35. The number of thiazole rings is 1. The number of ether oxygens (including phenoxy) is 1. The Bertz CT molecular complexity index is 608. The zero-order chi connectivity index (χ0) is 15.5. The number of rotatable bonds is 5. The van der Waals surface area contributed by atoms with Gasteiger partial charge in [0.15, 0.2) is 0 Å². The van der Waals surface area contributed by atoms with Gasteiger partial charge in [0.05, 0.1) is 10.7 Å². The van der Waals surface area contributed by atoms with Crippen LogP contribution in [0.1, 0.15) is 31.5 Å². The summed E-state index contributed by atoms with van der Waals surface area (Å²) in [6, 6.07) is 5.16. The van der Waals surface area contributed by atoms with Crippen LogP contribution in [-0.4, -0.2) is 10.5 Å². The van der Waals surface area contributed by atoms with E-state index in [0.29, 0.717) is 22.4 Å². The summed E-state index contributed by atoms with van der Waals surface area (Å²) >= 11 is 13.6. The van der Waals surface area contributed by atoms with E-state index in [1.165, 1.54) is 0 Å². The fourth-order valence-electron chi connectivity index (χ4n) is 1.58. The summed E-state index contributed by atoms with van der Waals surface area (Å²) in [6.07, 6.45) is 0. The van der Waals surface area contributed by atoms with Gasteiger partial charge in [0, 0.05) is 28.6 Å². The number of benzene rings is 1. The Balaban J connectivity index is 1.92. The Morgan fingerprint density at radius 1 is 1.29 bits per heavy atom. The number of hydrogen-bond donors (Lipinski definition) is 1. The number of aromatic nitrogens is 1. The maximum Gasteiger partial charge on any atom is 0.139 e. The second-order valence-corrected chi connectivity index (χ2v) is 7.49. The van der Waals surface area contributed by atoms with Gasteiger partial charge in [-0.15, -0.1) is 11.3 Å². The second kappa shape index (κ2) is 6.97. The van der Waals surface area contributed by atoms with Crippen molar-refractivity contribution in [2.24, 2.45) is 0 Å². The van der Waals surface area contributed by atoms with E-state index < -0.39 is 0 Å². The number of halogens is 2. The number of hydrogen-bond acceptors (Lipinski definition) is 4. The van der Waals surface area contributed by atoms with Gasteiger partial charge in [-0.2, -0.15) is 0 Å². The van der Waals surface area contributed by atoms with Crippen molar-refractivity contribution >= 4 is 34.5 Å². The van der Waals surface area contributed by atoms with Gasteiger partial charge in [-0.25, -0.2) is 4.98 Å². The van der Waals surface area contributed by atoms with Crippen LogP contribution in [0.2, 0.25) is 10.0 Å². The topological polar surface area (TPSA) is 34.2 Å². The van der Waals surface area contributed by atoms with Crippen LogP contribution >= 0.6 is 34.5 Å². The molecule has 0 radical (unpaired) electrons. The molecule has 3 nitrogen and oxygen atoms in total. The first-order valence-corrected chi connectivity index (χ1v) is 8.23. The molecule has 0 saturated heterocycles. The van der Waals surface area contributed by atoms with Crippen LogP contribution in [-0.2, 0) is 13.2 Å². The Morgan fingerprint density at radius 3 is 2.76 bits per heavy atom. The minimum absolute atomic E-state index is 0.0800. The average molecular weight is 345 g/mol. The quantitative estimate of drug-likeness (QED) is 0.835. The summed E-state index contributed by atoms with van der Waals surface area (Å²) in [6.45, 7) is 7.53. The third-order valence-corrected chi connectivity index (χ3v) is 4.08. The van der Waals surface area contributed by atoms with Crippen LogP contribution in [0.15, 0.2) is 23.6 Å². The standard InChI is InChI=1S/C15H18Cl2N2OS/c1-15(2,3)18-7-14-19-11(9-21-14)8-20-13-6-10(16)4-5-12(13)17/h4-6,9,18H,7-8H2,1-3H3. The lowest BCUT2D eigenvalue weighted by molar-refractivity contribution is 0.302. The number of nitrogens with one attached hydrogen (secondary N) is 1. The Labute approximate surface area is 139 Å². The molecule has 1 N–H and O–H groups in total. The molecule has 114 valence electrons. The Morgan fingerprint density at radius 2 is 2.05 bits per heavy atom. The van der Waals surface area contributed by atoms with Gasteiger partial charge in [0.25, 0.3) is 0 Å². The van der Waals surface area contributed by atoms with Crippen LogP contribution in [0.5, 0.6) is 5.75 Å². The van der Waals surface area contributed by atoms with Crippen LogP contribution < -0.4 is 10.1 Å². The van der Waals surface area contributed by atoms with Crippen molar-refractivity contribution in [2.75, 3.05) is 0 Å². The van der Waals surface area contributed by atoms with Gasteiger partial charge < -0.3 is 10.1 Å². The van der Waals surface area contributed by atoms with Gasteiger partial charge >= 0.3 is 0 Å². The maximum atomic E-state index is 6.06. The molecule has 0 fully saturated rings. The molecule has 1 aromatic heterocycles. The molecule has 1 aromatic carbocycles. The van der Waals surface area contributed by atoms with Crippen LogP contribution in [0.4, 0.5) is 0 Å². The molecule has 0 bridgehead atoms. The molecule has 6 heteroatoms. The molecule has 0 spiro atoms. The van der Waals surface area contributed by atoms with Crippen molar-refractivity contribution in [1.82, 2.24) is 10.3 Å². The van der Waals surface area contributed by atoms with Gasteiger partial charge in [-0.3, -0.25) is 0 Å². The third kappa shape index (κ3) is 5.47. The summed E-state index contributed by atoms with van der Waals surface area (Å²) in [5, 5.41) is 7.60. The summed E-state index contributed by atoms with van der Waals surface area (Å²) < 4.78 is 5.67. The third-order valence-electron chi connectivity index (χ3n) is 2.64. The van der Waals surface area contributed by atoms with E-state index in [9.17, 15) is 0 Å². The molecule has 2 rings (SSSR count). The largest absolute Gasteiger partial charge is 0.486 e. The van der Waals surface area contributed by atoms with Gasteiger partial charge in [0.2, 0.25) is 0 Å². The van der Waals surface area contributed by atoms with E-state index in [4.69, 9.17) is 27.9 Å². The predicted molar refractivity (Wildman–Crippen MR) is 89.5 cm³/mol. The minimum Gasteiger partial charge on any atom is -0.486 e. The fraction of sp³-hybridized carbons (Fsp3) is 0.400. The van der Waals surface area contributed by atoms with E-state index in [0.717, 1.165) is 17.2 Å². The zero-order valence-corrected chi connectivity index (χ0v) is 14.6. The molecular weight excluding hydrogens is 327 g/mol. The average Bonchev–Trinajstić information content (AvgIpc) is 2.85. The predicted octanol–water partition coefficient (Wildman–Crippen LogP) is 4.92. The van der Waals surface area contributed by atoms with Crippen LogP contribution in [0.25, 0.3) is 0 Å². The fourth-order valence-corrected chi connectivity index (χ4v) is 2.63. The van der Waals surface area contributed by atoms with E-state index >= 15 is 0 Å². The SMILES string of the molecule is CC(C)(C)NCc1nc(COc2cc(Cl)ccc2Cl)cs1. The van der Waals surface area contributed by atoms with E-state index in [-0.39, 0.29) is 5.54 Å². The maximum absolute atomic E-state index is 6.06. The molecule has 0 amide bonds.